The number of fused-ring (bicyclic) bond motifs is 2. The molecular weight excluding hydrogens is 378 g/mol. The summed E-state index contributed by atoms with van der Waals surface area (Å²) < 4.78 is 11.0. The third-order valence-electron chi connectivity index (χ3n) is 6.39. The second kappa shape index (κ2) is 7.20. The van der Waals surface area contributed by atoms with Gasteiger partial charge >= 0.3 is 0 Å². The summed E-state index contributed by atoms with van der Waals surface area (Å²) in [4.78, 5) is 20.1. The first-order valence-corrected chi connectivity index (χ1v) is 10.4. The van der Waals surface area contributed by atoms with Crippen LogP contribution in [0.5, 0.6) is 11.5 Å². The molecule has 5 rings (SSSR count). The number of hydrogen-bond donors (Lipinski definition) is 1. The minimum atomic E-state index is 0.0214. The third-order valence-corrected chi connectivity index (χ3v) is 6.39. The average molecular weight is 403 g/mol. The fraction of sp³-hybridized carbons (Fsp3) is 0.333. The molecule has 1 aromatic heterocycles. The lowest BCUT2D eigenvalue weighted by Crippen LogP contribution is -2.33. The van der Waals surface area contributed by atoms with Gasteiger partial charge in [-0.2, -0.15) is 0 Å². The van der Waals surface area contributed by atoms with Crippen molar-refractivity contribution in [3.05, 3.63) is 47.7 Å². The number of aromatic nitrogens is 1. The molecule has 2 heterocycles. The van der Waals surface area contributed by atoms with E-state index in [0.717, 1.165) is 52.1 Å². The summed E-state index contributed by atoms with van der Waals surface area (Å²) in [5, 5.41) is 0.790. The molecule has 1 amide bonds. The smallest absolute Gasteiger partial charge is 0.258 e. The van der Waals surface area contributed by atoms with Gasteiger partial charge in [-0.25, -0.2) is 4.98 Å². The molecule has 2 N–H and O–H groups in total. The highest BCUT2D eigenvalue weighted by Crippen LogP contribution is 2.41. The van der Waals surface area contributed by atoms with E-state index in [9.17, 15) is 4.79 Å². The predicted molar refractivity (Wildman–Crippen MR) is 117 cm³/mol. The van der Waals surface area contributed by atoms with E-state index in [1.54, 1.807) is 14.2 Å². The van der Waals surface area contributed by atoms with Crippen LogP contribution in [0.2, 0.25) is 0 Å². The Morgan fingerprint density at radius 1 is 1.07 bits per heavy atom. The minimum Gasteiger partial charge on any atom is -0.497 e. The van der Waals surface area contributed by atoms with E-state index in [2.05, 4.69) is 0 Å². The molecular formula is C24H25N3O3. The molecule has 30 heavy (non-hydrogen) atoms. The second-order valence-electron chi connectivity index (χ2n) is 7.99. The van der Waals surface area contributed by atoms with Gasteiger partial charge in [0, 0.05) is 22.6 Å². The number of nitrogens with two attached hydrogens (primary N) is 1. The summed E-state index contributed by atoms with van der Waals surface area (Å²) in [7, 11) is 3.29. The number of para-hydroxylation sites is 1. The molecule has 1 aliphatic carbocycles. The first-order valence-electron chi connectivity index (χ1n) is 10.4. The van der Waals surface area contributed by atoms with Crippen molar-refractivity contribution in [2.24, 2.45) is 0 Å². The van der Waals surface area contributed by atoms with E-state index in [-0.39, 0.29) is 5.91 Å². The van der Waals surface area contributed by atoms with E-state index < -0.39 is 0 Å². The number of carbonyl (C=O) groups excluding carboxylic acids is 1. The molecule has 0 bridgehead atoms. The van der Waals surface area contributed by atoms with Gasteiger partial charge < -0.3 is 20.1 Å². The van der Waals surface area contributed by atoms with Crippen molar-refractivity contribution < 1.29 is 14.3 Å². The number of anilines is 1. The fourth-order valence-electron chi connectivity index (χ4n) is 4.84. The number of carbonyl (C=O) groups is 1. The van der Waals surface area contributed by atoms with Crippen molar-refractivity contribution in [3.8, 4) is 22.6 Å². The number of nitrogens with zero attached hydrogens (tertiary/aromatic N) is 2. The highest BCUT2D eigenvalue weighted by Gasteiger charge is 2.37. The molecule has 0 unspecified atom stereocenters. The van der Waals surface area contributed by atoms with Gasteiger partial charge in [-0.15, -0.1) is 0 Å². The fourth-order valence-corrected chi connectivity index (χ4v) is 4.84. The van der Waals surface area contributed by atoms with Gasteiger partial charge in [0.2, 0.25) is 0 Å². The predicted octanol–water partition coefficient (Wildman–Crippen LogP) is 4.40. The topological polar surface area (TPSA) is 77.7 Å². The van der Waals surface area contributed by atoms with Gasteiger partial charge in [0.05, 0.1) is 43.2 Å². The Labute approximate surface area is 175 Å². The largest absolute Gasteiger partial charge is 0.497 e. The van der Waals surface area contributed by atoms with E-state index >= 15 is 0 Å². The normalized spacial score (nSPS) is 16.3. The Morgan fingerprint density at radius 3 is 2.60 bits per heavy atom. The Bertz CT molecular complexity index is 1150. The molecule has 0 atom stereocenters. The Kier molecular flexibility index (Phi) is 4.50. The molecule has 1 fully saturated rings. The summed E-state index contributed by atoms with van der Waals surface area (Å²) in [6.07, 6.45) is 4.47. The maximum absolute atomic E-state index is 13.2. The number of pyridine rings is 1. The van der Waals surface area contributed by atoms with Crippen LogP contribution in [0, 0.1) is 0 Å². The monoisotopic (exact) mass is 403 g/mol. The quantitative estimate of drug-likeness (QED) is 0.699. The van der Waals surface area contributed by atoms with Gasteiger partial charge in [0.25, 0.3) is 5.91 Å². The van der Waals surface area contributed by atoms with Gasteiger partial charge in [-0.05, 0) is 31.0 Å². The lowest BCUT2D eigenvalue weighted by Gasteiger charge is -2.23. The SMILES string of the molecule is COc1ccc(OC)c(-c2cccc3c(N)c4c(nc23)CN(C2CCCC2)C4=O)c1. The number of hydrogen-bond acceptors (Lipinski definition) is 5. The molecule has 2 aliphatic rings. The summed E-state index contributed by atoms with van der Waals surface area (Å²) in [5.41, 5.74) is 11.0. The lowest BCUT2D eigenvalue weighted by atomic mass is 9.98. The highest BCUT2D eigenvalue weighted by molar-refractivity contribution is 6.11. The third kappa shape index (κ3) is 2.78. The van der Waals surface area contributed by atoms with Gasteiger partial charge in [-0.3, -0.25) is 4.79 Å². The average Bonchev–Trinajstić information content (AvgIpc) is 3.41. The molecule has 1 aliphatic heterocycles. The van der Waals surface area contributed by atoms with Crippen LogP contribution >= 0.6 is 0 Å². The van der Waals surface area contributed by atoms with Crippen LogP contribution < -0.4 is 15.2 Å². The Balaban J connectivity index is 1.69. The molecule has 6 heteroatoms. The maximum Gasteiger partial charge on any atom is 0.258 e. The zero-order chi connectivity index (χ0) is 20.8. The Morgan fingerprint density at radius 2 is 1.87 bits per heavy atom. The number of nitrogen functional groups attached to an aromatic ring is 1. The van der Waals surface area contributed by atoms with Crippen LogP contribution in [-0.2, 0) is 6.54 Å². The Hall–Kier alpha value is -3.28. The van der Waals surface area contributed by atoms with E-state index in [1.165, 1.54) is 12.8 Å². The van der Waals surface area contributed by atoms with E-state index in [1.807, 2.05) is 41.3 Å². The van der Waals surface area contributed by atoms with Crippen molar-refractivity contribution in [1.82, 2.24) is 9.88 Å². The first kappa shape index (κ1) is 18.7. The van der Waals surface area contributed by atoms with Gasteiger partial charge in [-0.1, -0.05) is 31.0 Å². The van der Waals surface area contributed by atoms with Crippen molar-refractivity contribution in [2.75, 3.05) is 20.0 Å². The molecule has 1 saturated carbocycles. The summed E-state index contributed by atoms with van der Waals surface area (Å²) in [6, 6.07) is 11.9. The van der Waals surface area contributed by atoms with Gasteiger partial charge in [0.15, 0.2) is 0 Å². The van der Waals surface area contributed by atoms with Gasteiger partial charge in [0.1, 0.15) is 11.5 Å². The second-order valence-corrected chi connectivity index (χ2v) is 7.99. The van der Waals surface area contributed by atoms with Crippen LogP contribution in [0.25, 0.3) is 22.0 Å². The molecule has 0 radical (unpaired) electrons. The summed E-state index contributed by atoms with van der Waals surface area (Å²) in [5.74, 6) is 1.49. The zero-order valence-corrected chi connectivity index (χ0v) is 17.3. The van der Waals surface area contributed by atoms with Crippen molar-refractivity contribution in [3.63, 3.8) is 0 Å². The number of rotatable bonds is 4. The van der Waals surface area contributed by atoms with E-state index in [0.29, 0.717) is 23.8 Å². The molecule has 0 spiro atoms. The summed E-state index contributed by atoms with van der Waals surface area (Å²) in [6.45, 7) is 0.530. The van der Waals surface area contributed by atoms with Crippen molar-refractivity contribution >= 4 is 22.5 Å². The zero-order valence-electron chi connectivity index (χ0n) is 17.3. The van der Waals surface area contributed by atoms with E-state index in [4.69, 9.17) is 20.2 Å². The minimum absolute atomic E-state index is 0.0214. The molecule has 6 nitrogen and oxygen atoms in total. The van der Waals surface area contributed by atoms with Crippen LogP contribution in [0.3, 0.4) is 0 Å². The lowest BCUT2D eigenvalue weighted by molar-refractivity contribution is 0.0707. The molecule has 2 aromatic carbocycles. The highest BCUT2D eigenvalue weighted by atomic mass is 16.5. The van der Waals surface area contributed by atoms with Crippen LogP contribution in [0.4, 0.5) is 5.69 Å². The van der Waals surface area contributed by atoms with Crippen LogP contribution in [0.15, 0.2) is 36.4 Å². The first-order chi connectivity index (χ1) is 14.6. The van der Waals surface area contributed by atoms with Crippen LogP contribution in [0.1, 0.15) is 41.7 Å². The standard InChI is InChI=1S/C24H25N3O3/c1-29-15-10-11-20(30-2)18(12-15)16-8-5-9-17-22(25)21-19(26-23(16)17)13-27(24(21)28)14-6-3-4-7-14/h5,8-12,14H,3-4,6-7,13H2,1-2H3,(H2,25,26). The van der Waals surface area contributed by atoms with Crippen molar-refractivity contribution in [1.29, 1.82) is 0 Å². The van der Waals surface area contributed by atoms with Crippen LogP contribution in [-0.4, -0.2) is 36.1 Å². The number of amides is 1. The molecule has 0 saturated heterocycles. The summed E-state index contributed by atoms with van der Waals surface area (Å²) >= 11 is 0. The molecule has 3 aromatic rings. The maximum atomic E-state index is 13.2. The number of ether oxygens (including phenoxy) is 2. The number of methoxy groups -OCH3 is 2. The van der Waals surface area contributed by atoms with Crippen molar-refractivity contribution in [2.45, 2.75) is 38.3 Å². The number of benzene rings is 2. The molecule has 154 valence electrons.